The van der Waals surface area contributed by atoms with Crippen molar-refractivity contribution in [1.29, 1.82) is 0 Å². The van der Waals surface area contributed by atoms with Crippen molar-refractivity contribution in [2.45, 2.75) is 31.4 Å². The molecule has 0 unspecified atom stereocenters. The van der Waals surface area contributed by atoms with Gasteiger partial charge in [-0.25, -0.2) is 8.42 Å². The highest BCUT2D eigenvalue weighted by Crippen LogP contribution is 2.22. The summed E-state index contributed by atoms with van der Waals surface area (Å²) in [4.78, 5) is 26.8. The Morgan fingerprint density at radius 2 is 1.83 bits per heavy atom. The largest absolute Gasteiger partial charge is 0.370 e. The summed E-state index contributed by atoms with van der Waals surface area (Å²) in [6.07, 6.45) is 1.03. The van der Waals surface area contributed by atoms with E-state index < -0.39 is 15.6 Å². The van der Waals surface area contributed by atoms with E-state index in [2.05, 4.69) is 0 Å². The number of aromatic nitrogens is 1. The Balaban J connectivity index is 1.77. The summed E-state index contributed by atoms with van der Waals surface area (Å²) < 4.78 is 33.7. The van der Waals surface area contributed by atoms with E-state index >= 15 is 0 Å². The second-order valence-corrected chi connectivity index (χ2v) is 8.97. The second kappa shape index (κ2) is 9.55. The van der Waals surface area contributed by atoms with Gasteiger partial charge in [0.1, 0.15) is 12.6 Å². The number of hydrogen-bond acceptors (Lipinski definition) is 5. The number of rotatable bonds is 7. The molecule has 1 aliphatic rings. The Hall–Kier alpha value is -2.49. The number of hydrogen-bond donors (Lipinski definition) is 0. The number of morpholine rings is 1. The van der Waals surface area contributed by atoms with E-state index in [4.69, 9.17) is 4.74 Å². The zero-order valence-corrected chi connectivity index (χ0v) is 18.0. The molecule has 1 amide bonds. The first-order valence-corrected chi connectivity index (χ1v) is 11.5. The summed E-state index contributed by atoms with van der Waals surface area (Å²) in [5.74, 6) is -0.251. The Bertz CT molecular complexity index is 1030. The number of ether oxygens (including phenoxy) is 1. The van der Waals surface area contributed by atoms with Crippen LogP contribution < -0.4 is 5.56 Å². The number of pyridine rings is 1. The van der Waals surface area contributed by atoms with Crippen molar-refractivity contribution < 1.29 is 17.9 Å². The minimum atomic E-state index is -3.72. The number of nitrogens with zero attached hydrogens (tertiary/aromatic N) is 3. The lowest BCUT2D eigenvalue weighted by molar-refractivity contribution is -0.139. The first kappa shape index (κ1) is 22.2. The Kier molecular flexibility index (Phi) is 7.06. The molecule has 0 saturated carbocycles. The highest BCUT2D eigenvalue weighted by molar-refractivity contribution is 7.89. The fraction of sp³-hybridized carbons (Fsp3) is 0.429. The SMILES string of the molecule is CCN(CC)S(=O)(=O)c1ccc(=O)n(CC(=O)N2CCO[C@H](c3ccccc3)C2)c1. The summed E-state index contributed by atoms with van der Waals surface area (Å²) in [5, 5.41) is 0. The molecule has 162 valence electrons. The maximum atomic E-state index is 12.9. The molecule has 1 saturated heterocycles. The van der Waals surface area contributed by atoms with Crippen molar-refractivity contribution in [3.8, 4) is 0 Å². The molecular weight excluding hydrogens is 406 g/mol. The van der Waals surface area contributed by atoms with Crippen molar-refractivity contribution >= 4 is 15.9 Å². The van der Waals surface area contributed by atoms with Gasteiger partial charge < -0.3 is 14.2 Å². The molecule has 0 bridgehead atoms. The fourth-order valence-electron chi connectivity index (χ4n) is 3.49. The van der Waals surface area contributed by atoms with Crippen molar-refractivity contribution in [2.75, 3.05) is 32.8 Å². The van der Waals surface area contributed by atoms with Gasteiger partial charge in [-0.1, -0.05) is 44.2 Å². The third-order valence-corrected chi connectivity index (χ3v) is 7.23. The van der Waals surface area contributed by atoms with Crippen molar-refractivity contribution in [1.82, 2.24) is 13.8 Å². The number of carbonyl (C=O) groups excluding carboxylic acids is 1. The molecule has 0 radical (unpaired) electrons. The number of benzene rings is 1. The molecule has 30 heavy (non-hydrogen) atoms. The predicted octanol–water partition coefficient (Wildman–Crippen LogP) is 1.48. The molecule has 8 nitrogen and oxygen atoms in total. The van der Waals surface area contributed by atoms with Gasteiger partial charge in [0.2, 0.25) is 15.9 Å². The van der Waals surface area contributed by atoms with E-state index in [0.717, 1.165) is 10.1 Å². The van der Waals surface area contributed by atoms with Gasteiger partial charge in [0.15, 0.2) is 0 Å². The van der Waals surface area contributed by atoms with E-state index in [1.807, 2.05) is 30.3 Å². The molecular formula is C21H27N3O5S. The second-order valence-electron chi connectivity index (χ2n) is 7.03. The van der Waals surface area contributed by atoms with Crippen molar-refractivity contribution in [3.63, 3.8) is 0 Å². The van der Waals surface area contributed by atoms with Crippen LogP contribution in [0.2, 0.25) is 0 Å². The van der Waals surface area contributed by atoms with Crippen LogP contribution in [0.3, 0.4) is 0 Å². The predicted molar refractivity (Wildman–Crippen MR) is 113 cm³/mol. The average molecular weight is 434 g/mol. The van der Waals surface area contributed by atoms with Crippen molar-refractivity contribution in [2.24, 2.45) is 0 Å². The summed E-state index contributed by atoms with van der Waals surface area (Å²) in [5.41, 5.74) is 0.564. The molecule has 0 N–H and O–H groups in total. The van der Waals surface area contributed by atoms with Crippen LogP contribution in [-0.4, -0.2) is 60.9 Å². The lowest BCUT2D eigenvalue weighted by atomic mass is 10.1. The summed E-state index contributed by atoms with van der Waals surface area (Å²) in [6, 6.07) is 12.1. The average Bonchev–Trinajstić information content (AvgIpc) is 2.76. The fourth-order valence-corrected chi connectivity index (χ4v) is 4.97. The van der Waals surface area contributed by atoms with Gasteiger partial charge in [0.05, 0.1) is 18.0 Å². The van der Waals surface area contributed by atoms with Crippen LogP contribution in [0.25, 0.3) is 0 Å². The first-order chi connectivity index (χ1) is 14.4. The van der Waals surface area contributed by atoms with Crippen LogP contribution in [0.5, 0.6) is 0 Å². The standard InChI is InChI=1S/C21H27N3O5S/c1-3-24(4-2)30(27,28)18-10-11-20(25)23(14-18)16-21(26)22-12-13-29-19(15-22)17-8-6-5-7-9-17/h5-11,14,19H,3-4,12-13,15-16H2,1-2H3/t19-/m0/s1. The maximum Gasteiger partial charge on any atom is 0.251 e. The van der Waals surface area contributed by atoms with Gasteiger partial charge in [0.25, 0.3) is 5.56 Å². The molecule has 1 atom stereocenters. The highest BCUT2D eigenvalue weighted by Gasteiger charge is 2.26. The molecule has 1 aromatic carbocycles. The van der Waals surface area contributed by atoms with Crippen LogP contribution in [-0.2, 0) is 26.1 Å². The summed E-state index contributed by atoms with van der Waals surface area (Å²) in [7, 11) is -3.72. The summed E-state index contributed by atoms with van der Waals surface area (Å²) in [6.45, 7) is 5.14. The third-order valence-electron chi connectivity index (χ3n) is 5.20. The van der Waals surface area contributed by atoms with Crippen molar-refractivity contribution in [3.05, 3.63) is 64.6 Å². The maximum absolute atomic E-state index is 12.9. The number of amides is 1. The van der Waals surface area contributed by atoms with Crippen LogP contribution in [0.1, 0.15) is 25.5 Å². The van der Waals surface area contributed by atoms with Gasteiger partial charge in [-0.3, -0.25) is 9.59 Å². The molecule has 1 fully saturated rings. The molecule has 3 rings (SSSR count). The zero-order chi connectivity index (χ0) is 21.7. The molecule has 1 aliphatic heterocycles. The van der Waals surface area contributed by atoms with Gasteiger partial charge in [-0.2, -0.15) is 4.31 Å². The van der Waals surface area contributed by atoms with E-state index in [1.54, 1.807) is 18.7 Å². The van der Waals surface area contributed by atoms with Crippen LogP contribution in [0.4, 0.5) is 0 Å². The number of carbonyl (C=O) groups is 1. The normalized spacial score (nSPS) is 17.3. The molecule has 2 aromatic rings. The minimum Gasteiger partial charge on any atom is -0.370 e. The van der Waals surface area contributed by atoms with Gasteiger partial charge >= 0.3 is 0 Å². The third kappa shape index (κ3) is 4.80. The molecule has 0 aliphatic carbocycles. The van der Waals surface area contributed by atoms with Gasteiger partial charge in [0, 0.05) is 31.9 Å². The molecule has 9 heteroatoms. The molecule has 0 spiro atoms. The zero-order valence-electron chi connectivity index (χ0n) is 17.2. The van der Waals surface area contributed by atoms with E-state index in [0.29, 0.717) is 32.8 Å². The van der Waals surface area contributed by atoms with E-state index in [9.17, 15) is 18.0 Å². The Morgan fingerprint density at radius 1 is 1.13 bits per heavy atom. The summed E-state index contributed by atoms with van der Waals surface area (Å²) >= 11 is 0. The smallest absolute Gasteiger partial charge is 0.251 e. The molecule has 1 aromatic heterocycles. The minimum absolute atomic E-state index is 0.00254. The Labute approximate surface area is 176 Å². The number of sulfonamides is 1. The van der Waals surface area contributed by atoms with Gasteiger partial charge in [-0.05, 0) is 11.6 Å². The van der Waals surface area contributed by atoms with E-state index in [1.165, 1.54) is 22.6 Å². The van der Waals surface area contributed by atoms with Crippen LogP contribution in [0.15, 0.2) is 58.4 Å². The van der Waals surface area contributed by atoms with Gasteiger partial charge in [-0.15, -0.1) is 0 Å². The topological polar surface area (TPSA) is 88.9 Å². The highest BCUT2D eigenvalue weighted by atomic mass is 32.2. The lowest BCUT2D eigenvalue weighted by Gasteiger charge is -2.33. The Morgan fingerprint density at radius 3 is 2.50 bits per heavy atom. The van der Waals surface area contributed by atoms with Crippen LogP contribution >= 0.6 is 0 Å². The van der Waals surface area contributed by atoms with Crippen LogP contribution in [0, 0.1) is 0 Å². The monoisotopic (exact) mass is 433 g/mol. The quantitative estimate of drug-likeness (QED) is 0.660. The molecule has 2 heterocycles. The first-order valence-electron chi connectivity index (χ1n) is 10.0. The van der Waals surface area contributed by atoms with E-state index in [-0.39, 0.29) is 23.5 Å². The lowest BCUT2D eigenvalue weighted by Crippen LogP contribution is -2.44.